The summed E-state index contributed by atoms with van der Waals surface area (Å²) < 4.78 is 5.73. The van der Waals surface area contributed by atoms with Crippen molar-refractivity contribution in [2.75, 3.05) is 26.2 Å². The van der Waals surface area contributed by atoms with Crippen molar-refractivity contribution in [2.45, 2.75) is 26.4 Å². The number of ether oxygens (including phenoxy) is 1. The zero-order valence-corrected chi connectivity index (χ0v) is 9.62. The number of nitrogens with two attached hydrogens (primary N) is 1. The quantitative estimate of drug-likeness (QED) is 0.678. The lowest BCUT2D eigenvalue weighted by molar-refractivity contribution is -0.152. The van der Waals surface area contributed by atoms with Crippen molar-refractivity contribution >= 4 is 6.09 Å². The van der Waals surface area contributed by atoms with Gasteiger partial charge in [-0.05, 0) is 5.41 Å². The Labute approximate surface area is 90.2 Å². The van der Waals surface area contributed by atoms with Crippen molar-refractivity contribution in [3.8, 4) is 0 Å². The number of hydrogen-bond acceptors (Lipinski definition) is 3. The number of nitrogens with zero attached hydrogens (tertiary/aromatic N) is 1. The van der Waals surface area contributed by atoms with Gasteiger partial charge in [-0.25, -0.2) is 4.79 Å². The van der Waals surface area contributed by atoms with Crippen LogP contribution in [0.1, 0.15) is 20.8 Å². The molecule has 1 rings (SSSR count). The molecule has 1 fully saturated rings. The van der Waals surface area contributed by atoms with Crippen molar-refractivity contribution in [2.24, 2.45) is 11.1 Å². The summed E-state index contributed by atoms with van der Waals surface area (Å²) in [7, 11) is 0. The van der Waals surface area contributed by atoms with Gasteiger partial charge in [-0.1, -0.05) is 20.8 Å². The summed E-state index contributed by atoms with van der Waals surface area (Å²) in [5.41, 5.74) is 5.01. The topological polar surface area (TPSA) is 75.8 Å². The summed E-state index contributed by atoms with van der Waals surface area (Å²) in [4.78, 5) is 12.3. The van der Waals surface area contributed by atoms with E-state index in [1.54, 1.807) is 0 Å². The maximum atomic E-state index is 10.9. The second-order valence-electron chi connectivity index (χ2n) is 5.00. The van der Waals surface area contributed by atoms with E-state index >= 15 is 0 Å². The molecule has 0 aromatic carbocycles. The monoisotopic (exact) mass is 216 g/mol. The molecule has 1 aliphatic heterocycles. The van der Waals surface area contributed by atoms with Gasteiger partial charge in [-0.3, -0.25) is 0 Å². The van der Waals surface area contributed by atoms with Crippen LogP contribution >= 0.6 is 0 Å². The van der Waals surface area contributed by atoms with Crippen molar-refractivity contribution in [1.29, 1.82) is 0 Å². The fourth-order valence-corrected chi connectivity index (χ4v) is 1.83. The zero-order chi connectivity index (χ0) is 11.7. The second-order valence-corrected chi connectivity index (χ2v) is 5.00. The fraction of sp³-hybridized carbons (Fsp3) is 0.900. The van der Waals surface area contributed by atoms with Crippen LogP contribution in [0.4, 0.5) is 4.79 Å². The molecule has 15 heavy (non-hydrogen) atoms. The van der Waals surface area contributed by atoms with Crippen LogP contribution in [0.15, 0.2) is 0 Å². The van der Waals surface area contributed by atoms with Gasteiger partial charge >= 0.3 is 6.09 Å². The van der Waals surface area contributed by atoms with E-state index in [9.17, 15) is 4.79 Å². The summed E-state index contributed by atoms with van der Waals surface area (Å²) in [6.45, 7) is 7.58. The number of carboxylic acid groups (broad SMARTS) is 1. The third-order valence-electron chi connectivity index (χ3n) is 3.15. The van der Waals surface area contributed by atoms with Gasteiger partial charge in [0.1, 0.15) is 5.60 Å². The molecule has 1 amide bonds. The highest BCUT2D eigenvalue weighted by atomic mass is 16.5. The van der Waals surface area contributed by atoms with E-state index < -0.39 is 11.7 Å². The first-order chi connectivity index (χ1) is 6.82. The number of carbonyl (C=O) groups is 1. The average molecular weight is 216 g/mol. The Hall–Kier alpha value is -0.810. The SMILES string of the molecule is CC(C)(C)[C@@]1(CN)CN(C(=O)O)CCO1. The maximum absolute atomic E-state index is 10.9. The van der Waals surface area contributed by atoms with Crippen LogP contribution in [0, 0.1) is 5.41 Å². The Balaban J connectivity index is 2.87. The second kappa shape index (κ2) is 3.98. The molecule has 1 aliphatic rings. The molecule has 0 aliphatic carbocycles. The third kappa shape index (κ3) is 2.23. The Kier molecular flexibility index (Phi) is 3.25. The minimum Gasteiger partial charge on any atom is -0.465 e. The van der Waals surface area contributed by atoms with Crippen LogP contribution in [-0.2, 0) is 4.74 Å². The van der Waals surface area contributed by atoms with E-state index in [0.29, 0.717) is 26.2 Å². The molecule has 0 bridgehead atoms. The van der Waals surface area contributed by atoms with Gasteiger partial charge < -0.3 is 20.5 Å². The molecular weight excluding hydrogens is 196 g/mol. The van der Waals surface area contributed by atoms with Crippen molar-refractivity contribution < 1.29 is 14.6 Å². The molecule has 0 radical (unpaired) electrons. The Morgan fingerprint density at radius 3 is 2.60 bits per heavy atom. The van der Waals surface area contributed by atoms with E-state index in [1.807, 2.05) is 20.8 Å². The molecular formula is C10H20N2O3. The predicted molar refractivity (Wildman–Crippen MR) is 56.8 cm³/mol. The smallest absolute Gasteiger partial charge is 0.407 e. The van der Waals surface area contributed by atoms with E-state index in [1.165, 1.54) is 4.90 Å². The molecule has 88 valence electrons. The molecule has 0 unspecified atom stereocenters. The van der Waals surface area contributed by atoms with Gasteiger partial charge in [0.15, 0.2) is 0 Å². The van der Waals surface area contributed by atoms with E-state index in [4.69, 9.17) is 15.6 Å². The van der Waals surface area contributed by atoms with Crippen LogP contribution in [0.25, 0.3) is 0 Å². The highest BCUT2D eigenvalue weighted by Gasteiger charge is 2.46. The van der Waals surface area contributed by atoms with Gasteiger partial charge in [0, 0.05) is 13.1 Å². The summed E-state index contributed by atoms with van der Waals surface area (Å²) in [6, 6.07) is 0. The minimum atomic E-state index is -0.902. The first-order valence-corrected chi connectivity index (χ1v) is 5.14. The third-order valence-corrected chi connectivity index (χ3v) is 3.15. The van der Waals surface area contributed by atoms with Gasteiger partial charge in [0.2, 0.25) is 0 Å². The van der Waals surface area contributed by atoms with Crippen LogP contribution in [0.2, 0.25) is 0 Å². The molecule has 5 heteroatoms. The summed E-state index contributed by atoms with van der Waals surface area (Å²) >= 11 is 0. The van der Waals surface area contributed by atoms with Crippen molar-refractivity contribution in [1.82, 2.24) is 4.90 Å². The first kappa shape index (κ1) is 12.3. The van der Waals surface area contributed by atoms with Crippen LogP contribution in [0.3, 0.4) is 0 Å². The van der Waals surface area contributed by atoms with Crippen LogP contribution < -0.4 is 5.73 Å². The van der Waals surface area contributed by atoms with E-state index in [-0.39, 0.29) is 5.41 Å². The Morgan fingerprint density at radius 1 is 1.60 bits per heavy atom. The summed E-state index contributed by atoms with van der Waals surface area (Å²) in [5, 5.41) is 8.96. The lowest BCUT2D eigenvalue weighted by Gasteiger charge is -2.49. The van der Waals surface area contributed by atoms with Gasteiger partial charge in [-0.2, -0.15) is 0 Å². The summed E-state index contributed by atoms with van der Waals surface area (Å²) in [5.74, 6) is 0. The average Bonchev–Trinajstić information content (AvgIpc) is 2.16. The molecule has 0 saturated carbocycles. The highest BCUT2D eigenvalue weighted by Crippen LogP contribution is 2.35. The molecule has 0 aromatic rings. The van der Waals surface area contributed by atoms with Crippen molar-refractivity contribution in [3.05, 3.63) is 0 Å². The highest BCUT2D eigenvalue weighted by molar-refractivity contribution is 5.65. The number of morpholine rings is 1. The van der Waals surface area contributed by atoms with Gasteiger partial charge in [0.25, 0.3) is 0 Å². The molecule has 5 nitrogen and oxygen atoms in total. The lowest BCUT2D eigenvalue weighted by atomic mass is 9.75. The predicted octanol–water partition coefficient (Wildman–Crippen LogP) is 0.740. The molecule has 1 heterocycles. The number of amides is 1. The molecule has 1 atom stereocenters. The molecule has 1 saturated heterocycles. The van der Waals surface area contributed by atoms with Gasteiger partial charge in [0.05, 0.1) is 13.2 Å². The number of rotatable bonds is 1. The maximum Gasteiger partial charge on any atom is 0.407 e. The van der Waals surface area contributed by atoms with Gasteiger partial charge in [-0.15, -0.1) is 0 Å². The first-order valence-electron chi connectivity index (χ1n) is 5.14. The normalized spacial score (nSPS) is 27.9. The van der Waals surface area contributed by atoms with E-state index in [2.05, 4.69) is 0 Å². The molecule has 0 spiro atoms. The Bertz CT molecular complexity index is 250. The fourth-order valence-electron chi connectivity index (χ4n) is 1.83. The van der Waals surface area contributed by atoms with Crippen molar-refractivity contribution in [3.63, 3.8) is 0 Å². The molecule has 3 N–H and O–H groups in total. The zero-order valence-electron chi connectivity index (χ0n) is 9.62. The number of hydrogen-bond donors (Lipinski definition) is 2. The Morgan fingerprint density at radius 2 is 2.20 bits per heavy atom. The standard InChI is InChI=1S/C10H20N2O3/c1-9(2,3)10(6-11)7-12(8(13)14)4-5-15-10/h4-7,11H2,1-3H3,(H,13,14)/t10-/m1/s1. The van der Waals surface area contributed by atoms with Crippen LogP contribution in [0.5, 0.6) is 0 Å². The van der Waals surface area contributed by atoms with E-state index in [0.717, 1.165) is 0 Å². The molecule has 0 aromatic heterocycles. The minimum absolute atomic E-state index is 0.171. The lowest BCUT2D eigenvalue weighted by Crippen LogP contribution is -2.63. The largest absolute Gasteiger partial charge is 0.465 e. The van der Waals surface area contributed by atoms with Crippen LogP contribution in [-0.4, -0.2) is 47.9 Å². The summed E-state index contributed by atoms with van der Waals surface area (Å²) in [6.07, 6.45) is -0.902.